The lowest BCUT2D eigenvalue weighted by Gasteiger charge is -2.31. The first kappa shape index (κ1) is 90.8. The third kappa shape index (κ3) is 33.4. The molecule has 14 atom stereocenters. The van der Waals surface area contributed by atoms with E-state index >= 15 is 0 Å². The minimum atomic E-state index is -1.91. The van der Waals surface area contributed by atoms with E-state index in [0.717, 1.165) is 30.5 Å². The Morgan fingerprint density at radius 1 is 0.604 bits per heavy atom. The summed E-state index contributed by atoms with van der Waals surface area (Å²) < 4.78 is 5.33. The van der Waals surface area contributed by atoms with Crippen LogP contribution in [-0.4, -0.2) is 265 Å². The molecule has 0 bridgehead atoms. The van der Waals surface area contributed by atoms with Gasteiger partial charge in [0, 0.05) is 36.8 Å². The van der Waals surface area contributed by atoms with Crippen LogP contribution in [0.1, 0.15) is 133 Å². The zero-order valence-corrected chi connectivity index (χ0v) is 60.2. The summed E-state index contributed by atoms with van der Waals surface area (Å²) in [7, 11) is 0. The number of thiol groups is 1. The number of amides is 11. The molecular weight excluding hydrogens is 1370 g/mol. The molecule has 0 radical (unpaired) electrons. The molecule has 0 aromatic carbocycles. The van der Waals surface area contributed by atoms with Gasteiger partial charge in [-0.2, -0.15) is 24.4 Å². The van der Waals surface area contributed by atoms with Crippen LogP contribution in [0.5, 0.6) is 0 Å². The molecule has 0 aliphatic carbocycles. The van der Waals surface area contributed by atoms with Gasteiger partial charge in [-0.15, -0.1) is 0 Å². The van der Waals surface area contributed by atoms with E-state index in [1.807, 2.05) is 0 Å². The number of unbranched alkanes of at least 4 members (excludes halogenated alkanes) is 1. The number of likely N-dealkylation sites (tertiary alicyclic amines) is 1. The largest absolute Gasteiger partial charge is 0.481 e. The van der Waals surface area contributed by atoms with Gasteiger partial charge < -0.3 is 116 Å². The van der Waals surface area contributed by atoms with Crippen LogP contribution in [0.3, 0.4) is 0 Å². The van der Waals surface area contributed by atoms with Crippen LogP contribution < -0.4 is 76.1 Å². The standard InChI is InChI=1S/C61H106N16O22S2/c1-29(2)24-36(70-53(91)40(28-101-23-22-99-59(98)61(7,8)9)74-52(90)39(27-100)73-50(88)37(25-43(83)84)71-55(93)44(63)30(3)4)49(87)72-38(26-78)51(89)69-35(15-12-20-66-60(64)65)57(95)77-21-13-16-41(77)54(92)75-45(31(5)79)56(94)68-34(17-18-42(81)82)47(85)67-33(14-10-11-19-62)48(86)76-46(32(6)80)58(96)97/h29-41,44-46,78-80,100H,10-28,62-63H2,1-9H3,(H,67,85)(H,68,94)(H,69,89)(H,70,91)(H,71,93)(H,72,87)(H,73,88)(H,74,90)(H,75,92)(H,76,86)(H,81,82)(H,83,84)(H,96,97)(H4,64,65,66)/t31-,32-,33+,34+,35+,36+,37+,38+,39+,40+,41+,44+,45+,46+/m1/s1. The number of carbonyl (C=O) groups is 15. The van der Waals surface area contributed by atoms with Crippen LogP contribution in [0.15, 0.2) is 4.99 Å². The van der Waals surface area contributed by atoms with Crippen molar-refractivity contribution in [1.29, 1.82) is 0 Å². The van der Waals surface area contributed by atoms with Gasteiger partial charge in [-0.05, 0) is 111 Å². The lowest BCUT2D eigenvalue weighted by Crippen LogP contribution is -2.62. The number of aliphatic imine (C=N–C) groups is 1. The minimum absolute atomic E-state index is 0.00108. The molecule has 0 aromatic rings. The third-order valence-electron chi connectivity index (χ3n) is 15.4. The molecule has 1 fully saturated rings. The maximum atomic E-state index is 14.7. The van der Waals surface area contributed by atoms with Gasteiger partial charge in [0.15, 0.2) is 12.0 Å². The number of ether oxygens (including phenoxy) is 1. The van der Waals surface area contributed by atoms with Crippen molar-refractivity contribution < 1.29 is 107 Å². The normalized spacial score (nSPS) is 16.8. The van der Waals surface area contributed by atoms with Gasteiger partial charge in [-0.25, -0.2) is 4.79 Å². The number of hydrogen-bond donors (Lipinski definition) is 21. The summed E-state index contributed by atoms with van der Waals surface area (Å²) in [6.45, 7) is 12.4. The number of rotatable bonds is 47. The monoisotopic (exact) mass is 1480 g/mol. The number of aliphatic carboxylic acids is 3. The summed E-state index contributed by atoms with van der Waals surface area (Å²) in [6, 6.07) is -19.3. The van der Waals surface area contributed by atoms with Crippen molar-refractivity contribution in [1.82, 2.24) is 58.1 Å². The fraction of sp³-hybridized carbons (Fsp3) is 0.738. The SMILES string of the molecule is CC(C)C[C@H](NC(=O)[C@H](CSCCOC(=O)C(C)(C)C)NC(=O)[C@H](CS)NC(=O)[C@H](CC(=O)O)NC(=O)[C@@H](N)C(C)C)C(=O)N[C@@H](CO)C(=O)N[C@@H](CCCN=C(N)N)C(=O)N1CCC[C@H]1C(=O)N[C@H](C(=O)N[C@@H](CCC(=O)O)C(=O)N[C@@H](CCCCN)C(=O)N[C@H](C(=O)O)[C@@H](C)O)[C@@H](C)O. The summed E-state index contributed by atoms with van der Waals surface area (Å²) >= 11 is 5.21. The molecule has 1 saturated heterocycles. The molecule has 40 heteroatoms. The first-order valence-electron chi connectivity index (χ1n) is 33.0. The van der Waals surface area contributed by atoms with Gasteiger partial charge in [0.2, 0.25) is 65.0 Å². The van der Waals surface area contributed by atoms with Crippen LogP contribution in [-0.2, 0) is 76.7 Å². The summed E-state index contributed by atoms with van der Waals surface area (Å²) in [5.74, 6) is -18.3. The Labute approximate surface area is 595 Å². The predicted molar refractivity (Wildman–Crippen MR) is 368 cm³/mol. The Bertz CT molecular complexity index is 2860. The fourth-order valence-electron chi connectivity index (χ4n) is 9.59. The van der Waals surface area contributed by atoms with Crippen molar-refractivity contribution in [2.24, 2.45) is 45.2 Å². The number of aliphatic hydroxyl groups excluding tert-OH is 3. The van der Waals surface area contributed by atoms with Crippen LogP contribution in [0.25, 0.3) is 0 Å². The van der Waals surface area contributed by atoms with Crippen LogP contribution in [0.2, 0.25) is 0 Å². The molecule has 1 rings (SSSR count). The quantitative estimate of drug-likeness (QED) is 0.00886. The number of esters is 1. The van der Waals surface area contributed by atoms with Crippen molar-refractivity contribution >= 4 is 119 Å². The highest BCUT2D eigenvalue weighted by Gasteiger charge is 2.42. The number of nitrogens with two attached hydrogens (primary N) is 4. The first-order chi connectivity index (χ1) is 47.1. The van der Waals surface area contributed by atoms with E-state index in [0.29, 0.717) is 6.42 Å². The topological polar surface area (TPSA) is 627 Å². The Morgan fingerprint density at radius 3 is 1.63 bits per heavy atom. The Morgan fingerprint density at radius 2 is 1.10 bits per heavy atom. The number of carbonyl (C=O) groups excluding carboxylic acids is 12. The molecule has 574 valence electrons. The number of nitrogens with one attached hydrogen (secondary N) is 10. The lowest BCUT2D eigenvalue weighted by atomic mass is 9.97. The Hall–Kier alpha value is -8.18. The van der Waals surface area contributed by atoms with E-state index in [9.17, 15) is 103 Å². The van der Waals surface area contributed by atoms with Crippen LogP contribution in [0, 0.1) is 17.3 Å². The Kier molecular flexibility index (Phi) is 41.0. The Balaban J connectivity index is 3.64. The van der Waals surface area contributed by atoms with Crippen LogP contribution >= 0.6 is 24.4 Å². The molecule has 0 aromatic heterocycles. The minimum Gasteiger partial charge on any atom is -0.481 e. The number of guanidine groups is 1. The second-order valence-corrected chi connectivity index (χ2v) is 27.5. The lowest BCUT2D eigenvalue weighted by molar-refractivity contribution is -0.152. The summed E-state index contributed by atoms with van der Waals surface area (Å²) in [5.41, 5.74) is 21.7. The molecular formula is C61H106N16O22S2. The van der Waals surface area contributed by atoms with E-state index in [-0.39, 0.29) is 94.6 Å². The van der Waals surface area contributed by atoms with Crippen LogP contribution in [0.4, 0.5) is 0 Å². The van der Waals surface area contributed by atoms with E-state index in [2.05, 4.69) is 70.8 Å². The number of nitrogens with zero attached hydrogens (tertiary/aromatic N) is 2. The molecule has 11 amide bonds. The number of carboxylic acid groups (broad SMARTS) is 3. The van der Waals surface area contributed by atoms with E-state index in [1.54, 1.807) is 48.5 Å². The van der Waals surface area contributed by atoms with Gasteiger partial charge in [0.25, 0.3) is 0 Å². The molecule has 1 aliphatic rings. The van der Waals surface area contributed by atoms with Gasteiger partial charge in [0.1, 0.15) is 67.0 Å². The zero-order chi connectivity index (χ0) is 77.2. The van der Waals surface area contributed by atoms with Gasteiger partial charge >= 0.3 is 23.9 Å². The molecule has 1 aliphatic heterocycles. The average molecular weight is 1480 g/mol. The van der Waals surface area contributed by atoms with E-state index in [4.69, 9.17) is 27.7 Å². The molecule has 1 heterocycles. The van der Waals surface area contributed by atoms with Gasteiger partial charge in [0.05, 0.1) is 36.7 Å². The second-order valence-electron chi connectivity index (χ2n) is 26.0. The molecule has 0 unspecified atom stereocenters. The summed E-state index contributed by atoms with van der Waals surface area (Å²) in [4.78, 5) is 206. The third-order valence-corrected chi connectivity index (χ3v) is 16.8. The molecule has 24 N–H and O–H groups in total. The van der Waals surface area contributed by atoms with Crippen molar-refractivity contribution in [3.63, 3.8) is 0 Å². The summed E-state index contributed by atoms with van der Waals surface area (Å²) in [5, 5.41) is 83.8. The average Bonchev–Trinajstić information content (AvgIpc) is 1.75. The second kappa shape index (κ2) is 45.6. The molecule has 0 saturated carbocycles. The predicted octanol–water partition coefficient (Wildman–Crippen LogP) is -6.53. The maximum absolute atomic E-state index is 14.7. The number of thioether (sulfide) groups is 1. The highest BCUT2D eigenvalue weighted by atomic mass is 32.2. The number of aliphatic hydroxyl groups is 3. The van der Waals surface area contributed by atoms with E-state index < -0.39 is 217 Å². The highest BCUT2D eigenvalue weighted by Crippen LogP contribution is 2.22. The zero-order valence-electron chi connectivity index (χ0n) is 58.4. The maximum Gasteiger partial charge on any atom is 0.328 e. The highest BCUT2D eigenvalue weighted by molar-refractivity contribution is 7.99. The fourth-order valence-corrected chi connectivity index (χ4v) is 10.7. The number of hydrogen-bond acceptors (Lipinski definition) is 24. The van der Waals surface area contributed by atoms with Crippen molar-refractivity contribution in [2.75, 3.05) is 50.1 Å². The van der Waals surface area contributed by atoms with Gasteiger partial charge in [-0.3, -0.25) is 72.1 Å². The smallest absolute Gasteiger partial charge is 0.328 e. The molecule has 0 spiro atoms. The molecule has 38 nitrogen and oxygen atoms in total. The van der Waals surface area contributed by atoms with Crippen molar-refractivity contribution in [2.45, 2.75) is 218 Å². The summed E-state index contributed by atoms with van der Waals surface area (Å²) in [6.07, 6.45) is -5.44. The van der Waals surface area contributed by atoms with Crippen molar-refractivity contribution in [3.05, 3.63) is 0 Å². The number of carboxylic acids is 3. The van der Waals surface area contributed by atoms with Crippen molar-refractivity contribution in [3.8, 4) is 0 Å². The van der Waals surface area contributed by atoms with E-state index in [1.165, 1.54) is 0 Å². The molecule has 101 heavy (non-hydrogen) atoms. The first-order valence-corrected chi connectivity index (χ1v) is 34.8. The van der Waals surface area contributed by atoms with Gasteiger partial charge in [-0.1, -0.05) is 27.7 Å².